The van der Waals surface area contributed by atoms with Crippen molar-refractivity contribution in [2.24, 2.45) is 0 Å². The Balaban J connectivity index is 2.23. The Labute approximate surface area is 176 Å². The molecule has 1 aliphatic rings. The number of ether oxygens (including phenoxy) is 1. The summed E-state index contributed by atoms with van der Waals surface area (Å²) in [4.78, 5) is 12.5. The van der Waals surface area contributed by atoms with Crippen LogP contribution in [0, 0.1) is 0 Å². The molecular formula is C22H42O7. The van der Waals surface area contributed by atoms with Crippen LogP contribution in [0.4, 0.5) is 0 Å². The smallest absolute Gasteiger partial charge is 0.256 e. The fourth-order valence-electron chi connectivity index (χ4n) is 3.72. The highest BCUT2D eigenvalue weighted by molar-refractivity contribution is 5.86. The number of aliphatic hydroxyl groups excluding tert-OH is 4. The van der Waals surface area contributed by atoms with Crippen LogP contribution in [0.15, 0.2) is 0 Å². The van der Waals surface area contributed by atoms with Crippen LogP contribution < -0.4 is 0 Å². The predicted octanol–water partition coefficient (Wildman–Crippen LogP) is 2.20. The molecule has 5 N–H and O–H groups in total. The minimum atomic E-state index is -2.81. The lowest BCUT2D eigenvalue weighted by Crippen LogP contribution is -2.68. The van der Waals surface area contributed by atoms with Crippen molar-refractivity contribution in [1.82, 2.24) is 0 Å². The number of Topliss-reactive ketones (excluding diaryl/α,β-unsaturated/α-hetero) is 1. The minimum Gasteiger partial charge on any atom is -0.394 e. The number of aliphatic hydroxyl groups is 5. The third kappa shape index (κ3) is 8.59. The third-order valence-corrected chi connectivity index (χ3v) is 5.71. The van der Waals surface area contributed by atoms with Gasteiger partial charge in [0.15, 0.2) is 5.78 Å². The van der Waals surface area contributed by atoms with Crippen LogP contribution in [-0.2, 0) is 9.53 Å². The molecule has 1 fully saturated rings. The van der Waals surface area contributed by atoms with Crippen LogP contribution in [0.25, 0.3) is 0 Å². The van der Waals surface area contributed by atoms with Crippen molar-refractivity contribution < 1.29 is 36.4 Å². The molecule has 172 valence electrons. The van der Waals surface area contributed by atoms with Gasteiger partial charge in [0, 0.05) is 7.77 Å². The Morgan fingerprint density at radius 3 is 1.76 bits per heavy atom. The maximum absolute atomic E-state index is 12.5. The van der Waals surface area contributed by atoms with Crippen molar-refractivity contribution in [1.29, 1.82) is 0 Å². The highest BCUT2D eigenvalue weighted by Crippen LogP contribution is 2.30. The fraction of sp³-hybridized carbons (Fsp3) is 0.955. The zero-order chi connectivity index (χ0) is 22.6. The minimum absolute atomic E-state index is 0.205. The van der Waals surface area contributed by atoms with Crippen LogP contribution in [0.1, 0.15) is 98.2 Å². The highest BCUT2D eigenvalue weighted by Gasteiger charge is 2.56. The number of carbonyl (C=O) groups is 1. The Kier molecular flexibility index (Phi) is 12.3. The zero-order valence-electron chi connectivity index (χ0n) is 18.8. The number of rotatable bonds is 16. The topological polar surface area (TPSA) is 127 Å². The van der Waals surface area contributed by atoms with Crippen LogP contribution in [0.3, 0.4) is 0 Å². The van der Waals surface area contributed by atoms with E-state index in [1.807, 2.05) is 0 Å². The van der Waals surface area contributed by atoms with Crippen molar-refractivity contribution in [3.8, 4) is 0 Å². The van der Waals surface area contributed by atoms with Gasteiger partial charge in [-0.3, -0.25) is 4.79 Å². The number of hydrogen-bond donors (Lipinski definition) is 5. The van der Waals surface area contributed by atoms with E-state index in [2.05, 4.69) is 6.92 Å². The molecule has 0 aromatic heterocycles. The maximum Gasteiger partial charge on any atom is 0.256 e. The maximum atomic E-state index is 12.5. The molecule has 1 heterocycles. The Morgan fingerprint density at radius 2 is 1.31 bits per heavy atom. The van der Waals surface area contributed by atoms with Gasteiger partial charge in [-0.05, 0) is 6.42 Å². The molecule has 2 unspecified atom stereocenters. The van der Waals surface area contributed by atoms with Gasteiger partial charge in [-0.1, -0.05) is 84.0 Å². The molecule has 7 nitrogen and oxygen atoms in total. The number of ketones is 1. The second-order valence-electron chi connectivity index (χ2n) is 8.21. The molecule has 1 rings (SSSR count). The monoisotopic (exact) mass is 419 g/mol. The molecule has 0 aliphatic carbocycles. The van der Waals surface area contributed by atoms with Crippen LogP contribution >= 0.6 is 0 Å². The molecule has 1 aliphatic heterocycles. The van der Waals surface area contributed by atoms with E-state index in [9.17, 15) is 30.3 Å². The fourth-order valence-corrected chi connectivity index (χ4v) is 3.72. The van der Waals surface area contributed by atoms with Gasteiger partial charge >= 0.3 is 0 Å². The van der Waals surface area contributed by atoms with Crippen molar-refractivity contribution in [3.63, 3.8) is 0 Å². The molecule has 0 spiro atoms. The van der Waals surface area contributed by atoms with Gasteiger partial charge in [0.2, 0.25) is 0 Å². The van der Waals surface area contributed by atoms with Gasteiger partial charge in [0.25, 0.3) is 5.79 Å². The van der Waals surface area contributed by atoms with E-state index in [-0.39, 0.29) is 6.42 Å². The normalized spacial score (nSPS) is 31.4. The largest absolute Gasteiger partial charge is 0.394 e. The third-order valence-electron chi connectivity index (χ3n) is 5.71. The van der Waals surface area contributed by atoms with E-state index in [4.69, 9.17) is 6.11 Å². The first-order valence-electron chi connectivity index (χ1n) is 11.9. The lowest BCUT2D eigenvalue weighted by Gasteiger charge is -2.44. The second-order valence-corrected chi connectivity index (χ2v) is 8.21. The van der Waals surface area contributed by atoms with Gasteiger partial charge in [-0.2, -0.15) is 0 Å². The molecular weight excluding hydrogens is 376 g/mol. The first-order valence-corrected chi connectivity index (χ1v) is 11.3. The van der Waals surface area contributed by atoms with E-state index in [0.717, 1.165) is 19.3 Å². The van der Waals surface area contributed by atoms with Gasteiger partial charge in [-0.25, -0.2) is 0 Å². The molecule has 0 aromatic carbocycles. The molecule has 0 amide bonds. The lowest BCUT2D eigenvalue weighted by atomic mass is 9.88. The molecule has 7 heteroatoms. The average molecular weight is 420 g/mol. The summed E-state index contributed by atoms with van der Waals surface area (Å²) in [6, 6.07) is 0. The Hall–Kier alpha value is -0.570. The summed E-state index contributed by atoms with van der Waals surface area (Å²) in [6.07, 6.45) is 5.82. The first kappa shape index (κ1) is 24.7. The second kappa shape index (κ2) is 14.4. The van der Waals surface area contributed by atoms with Crippen LogP contribution in [0.2, 0.25) is 0 Å². The predicted molar refractivity (Wildman–Crippen MR) is 110 cm³/mol. The SMILES string of the molecule is [2H]C(CCCCCCCCCCCCCC)C(=O)C1(O)O[C@H](CO)[C@@H](O)[C@H](O)[C@H]1O. The summed E-state index contributed by atoms with van der Waals surface area (Å²) >= 11 is 0. The molecule has 0 saturated carbocycles. The average Bonchev–Trinajstić information content (AvgIpc) is 2.74. The highest BCUT2D eigenvalue weighted by atomic mass is 16.7. The molecule has 0 radical (unpaired) electrons. The Bertz CT molecular complexity index is 476. The van der Waals surface area contributed by atoms with Crippen LogP contribution in [0.5, 0.6) is 0 Å². The molecule has 0 bridgehead atoms. The van der Waals surface area contributed by atoms with E-state index in [0.29, 0.717) is 6.42 Å². The summed E-state index contributed by atoms with van der Waals surface area (Å²) in [5.74, 6) is -3.88. The standard InChI is InChI=1S/C22H42O7/c1-2-3-4-5-6-7-8-9-10-11-12-13-14-15-18(24)22(28)21(27)20(26)19(25)17(16-23)29-22/h17,19-21,23,25-28H,2-16H2,1H3/t17-,19-,20+,21-,22?/m1/s1/i15D/t15?,17-,19-,20+,21-,22?. The van der Waals surface area contributed by atoms with Gasteiger partial charge in [-0.15, -0.1) is 0 Å². The molecule has 0 aromatic rings. The van der Waals surface area contributed by atoms with Crippen molar-refractivity contribution >= 4 is 5.78 Å². The van der Waals surface area contributed by atoms with Gasteiger partial charge in [0.05, 0.1) is 6.61 Å². The first-order chi connectivity index (χ1) is 14.3. The summed E-state index contributed by atoms with van der Waals surface area (Å²) in [5.41, 5.74) is 0. The molecule has 29 heavy (non-hydrogen) atoms. The van der Waals surface area contributed by atoms with Gasteiger partial charge in [0.1, 0.15) is 24.4 Å². The number of hydrogen-bond acceptors (Lipinski definition) is 7. The van der Waals surface area contributed by atoms with Crippen molar-refractivity contribution in [2.75, 3.05) is 6.61 Å². The number of carbonyl (C=O) groups excluding carboxylic acids is 1. The summed E-state index contributed by atoms with van der Waals surface area (Å²) in [7, 11) is 0. The van der Waals surface area contributed by atoms with E-state index in [1.165, 1.54) is 51.4 Å². The lowest BCUT2D eigenvalue weighted by molar-refractivity contribution is -0.331. The van der Waals surface area contributed by atoms with E-state index >= 15 is 0 Å². The van der Waals surface area contributed by atoms with Crippen molar-refractivity contribution in [2.45, 2.75) is 127 Å². The summed E-state index contributed by atoms with van der Waals surface area (Å²) in [5, 5.41) is 49.2. The Morgan fingerprint density at radius 1 is 0.862 bits per heavy atom. The van der Waals surface area contributed by atoms with Crippen molar-refractivity contribution in [3.05, 3.63) is 0 Å². The zero-order valence-corrected chi connectivity index (χ0v) is 17.8. The quantitative estimate of drug-likeness (QED) is 0.243. The van der Waals surface area contributed by atoms with E-state index < -0.39 is 49.0 Å². The molecule has 6 atom stereocenters. The summed E-state index contributed by atoms with van der Waals surface area (Å²) in [6.45, 7) is 1.47. The van der Waals surface area contributed by atoms with Crippen LogP contribution in [-0.4, -0.2) is 68.1 Å². The van der Waals surface area contributed by atoms with E-state index in [1.54, 1.807) is 0 Å². The summed E-state index contributed by atoms with van der Waals surface area (Å²) < 4.78 is 13.0. The molecule has 1 saturated heterocycles. The van der Waals surface area contributed by atoms with Gasteiger partial charge < -0.3 is 30.3 Å². The number of unbranched alkanes of at least 4 members (excludes halogenated alkanes) is 11.